The molecule has 3 rings (SSSR count). The second-order valence-electron chi connectivity index (χ2n) is 4.75. The van der Waals surface area contributed by atoms with Crippen LogP contribution in [0.5, 0.6) is 0 Å². The van der Waals surface area contributed by atoms with Gasteiger partial charge >= 0.3 is 0 Å². The van der Waals surface area contributed by atoms with Crippen LogP contribution in [0.2, 0.25) is 10.0 Å². The van der Waals surface area contributed by atoms with Crippen LogP contribution in [0.25, 0.3) is 10.9 Å². The minimum Gasteiger partial charge on any atom is -0.350 e. The Labute approximate surface area is 140 Å². The van der Waals surface area contributed by atoms with Gasteiger partial charge in [-0.1, -0.05) is 35.3 Å². The van der Waals surface area contributed by atoms with Crippen LogP contribution in [0.4, 0.5) is 0 Å². The summed E-state index contributed by atoms with van der Waals surface area (Å²) in [7, 11) is 1.89. The van der Waals surface area contributed by atoms with Gasteiger partial charge in [0, 0.05) is 44.8 Å². The molecule has 0 aliphatic carbocycles. The first-order valence-electron chi connectivity index (χ1n) is 6.22. The van der Waals surface area contributed by atoms with Gasteiger partial charge in [-0.05, 0) is 40.2 Å². The van der Waals surface area contributed by atoms with Gasteiger partial charge < -0.3 is 4.57 Å². The van der Waals surface area contributed by atoms with Crippen LogP contribution >= 0.6 is 39.1 Å². The average Bonchev–Trinajstić information content (AvgIpc) is 2.78. The van der Waals surface area contributed by atoms with Crippen molar-refractivity contribution in [2.45, 2.75) is 0 Å². The van der Waals surface area contributed by atoms with E-state index in [0.29, 0.717) is 25.6 Å². The molecule has 0 N–H and O–H groups in total. The van der Waals surface area contributed by atoms with Gasteiger partial charge in [0.05, 0.1) is 5.02 Å². The van der Waals surface area contributed by atoms with Crippen LogP contribution in [0.3, 0.4) is 0 Å². The molecule has 5 heteroatoms. The molecular weight excluding hydrogens is 373 g/mol. The summed E-state index contributed by atoms with van der Waals surface area (Å²) in [4.78, 5) is 12.8. The minimum atomic E-state index is -0.103. The van der Waals surface area contributed by atoms with Crippen molar-refractivity contribution in [2.75, 3.05) is 0 Å². The largest absolute Gasteiger partial charge is 0.350 e. The highest BCUT2D eigenvalue weighted by Gasteiger charge is 2.19. The standard InChI is InChI=1S/C16H10BrCl2NO/c1-20-8-12(10-6-5-9(18)7-14(10)20)16(21)11-3-2-4-13(17)15(11)19/h2-8H,1H3. The highest BCUT2D eigenvalue weighted by atomic mass is 79.9. The number of aromatic nitrogens is 1. The maximum absolute atomic E-state index is 12.8. The molecule has 0 atom stereocenters. The predicted molar refractivity (Wildman–Crippen MR) is 90.5 cm³/mol. The number of ketones is 1. The fourth-order valence-electron chi connectivity index (χ4n) is 2.36. The zero-order valence-corrected chi connectivity index (χ0v) is 14.1. The zero-order valence-electron chi connectivity index (χ0n) is 11.0. The third-order valence-electron chi connectivity index (χ3n) is 3.39. The van der Waals surface area contributed by atoms with Crippen LogP contribution in [0.15, 0.2) is 47.1 Å². The van der Waals surface area contributed by atoms with Crippen molar-refractivity contribution in [3.8, 4) is 0 Å². The molecule has 106 valence electrons. The number of hydrogen-bond acceptors (Lipinski definition) is 1. The molecule has 0 spiro atoms. The van der Waals surface area contributed by atoms with Gasteiger partial charge in [0.15, 0.2) is 5.78 Å². The van der Waals surface area contributed by atoms with Crippen molar-refractivity contribution in [3.63, 3.8) is 0 Å². The van der Waals surface area contributed by atoms with Crippen molar-refractivity contribution in [1.29, 1.82) is 0 Å². The van der Waals surface area contributed by atoms with E-state index >= 15 is 0 Å². The Kier molecular flexibility index (Phi) is 3.82. The molecule has 21 heavy (non-hydrogen) atoms. The van der Waals surface area contributed by atoms with Gasteiger partial charge in [-0.15, -0.1) is 0 Å². The normalized spacial score (nSPS) is 11.0. The van der Waals surface area contributed by atoms with E-state index in [9.17, 15) is 4.79 Å². The lowest BCUT2D eigenvalue weighted by Crippen LogP contribution is -2.01. The SMILES string of the molecule is Cn1cc(C(=O)c2cccc(Br)c2Cl)c2ccc(Cl)cc21. The molecule has 0 radical (unpaired) electrons. The Balaban J connectivity index is 2.21. The molecular formula is C16H10BrCl2NO. The van der Waals surface area contributed by atoms with E-state index in [0.717, 1.165) is 10.9 Å². The summed E-state index contributed by atoms with van der Waals surface area (Å²) >= 11 is 15.6. The monoisotopic (exact) mass is 381 g/mol. The van der Waals surface area contributed by atoms with E-state index in [4.69, 9.17) is 23.2 Å². The van der Waals surface area contributed by atoms with Crippen molar-refractivity contribution in [1.82, 2.24) is 4.57 Å². The van der Waals surface area contributed by atoms with Crippen LogP contribution in [-0.4, -0.2) is 10.4 Å². The van der Waals surface area contributed by atoms with E-state index < -0.39 is 0 Å². The molecule has 0 fully saturated rings. The second kappa shape index (κ2) is 5.48. The Morgan fingerprint density at radius 2 is 1.90 bits per heavy atom. The van der Waals surface area contributed by atoms with Gasteiger partial charge in [0.25, 0.3) is 0 Å². The Bertz CT molecular complexity index is 870. The molecule has 1 heterocycles. The van der Waals surface area contributed by atoms with Crippen LogP contribution in [0, 0.1) is 0 Å². The van der Waals surface area contributed by atoms with Crippen molar-refractivity contribution >= 4 is 55.8 Å². The maximum atomic E-state index is 12.8. The molecule has 3 aromatic rings. The minimum absolute atomic E-state index is 0.103. The first kappa shape index (κ1) is 14.6. The van der Waals surface area contributed by atoms with Crippen LogP contribution in [-0.2, 0) is 7.05 Å². The van der Waals surface area contributed by atoms with E-state index in [1.807, 2.05) is 29.8 Å². The number of nitrogens with zero attached hydrogens (tertiary/aromatic N) is 1. The smallest absolute Gasteiger partial charge is 0.196 e. The lowest BCUT2D eigenvalue weighted by molar-refractivity contribution is 0.104. The van der Waals surface area contributed by atoms with Crippen LogP contribution in [0.1, 0.15) is 15.9 Å². The number of fused-ring (bicyclic) bond motifs is 1. The van der Waals surface area contributed by atoms with Crippen molar-refractivity contribution in [2.24, 2.45) is 7.05 Å². The van der Waals surface area contributed by atoms with Crippen LogP contribution < -0.4 is 0 Å². The Morgan fingerprint density at radius 1 is 1.14 bits per heavy atom. The number of carbonyl (C=O) groups excluding carboxylic acids is 1. The van der Waals surface area contributed by atoms with Gasteiger partial charge in [-0.3, -0.25) is 4.79 Å². The molecule has 0 saturated carbocycles. The lowest BCUT2D eigenvalue weighted by atomic mass is 10.0. The van der Waals surface area contributed by atoms with Crippen molar-refractivity contribution in [3.05, 3.63) is 68.2 Å². The fourth-order valence-corrected chi connectivity index (χ4v) is 3.11. The molecule has 0 saturated heterocycles. The Morgan fingerprint density at radius 3 is 2.67 bits per heavy atom. The van der Waals surface area contributed by atoms with Crippen molar-refractivity contribution < 1.29 is 4.79 Å². The summed E-state index contributed by atoms with van der Waals surface area (Å²) in [6.07, 6.45) is 1.81. The molecule has 0 aliphatic rings. The number of rotatable bonds is 2. The third-order valence-corrected chi connectivity index (χ3v) is 4.92. The predicted octanol–water partition coefficient (Wildman–Crippen LogP) is 5.48. The highest BCUT2D eigenvalue weighted by Crippen LogP contribution is 2.31. The van der Waals surface area contributed by atoms with Gasteiger partial charge in [-0.2, -0.15) is 0 Å². The van der Waals surface area contributed by atoms with E-state index in [1.165, 1.54) is 0 Å². The summed E-state index contributed by atoms with van der Waals surface area (Å²) in [5.74, 6) is -0.103. The molecule has 0 unspecified atom stereocenters. The van der Waals surface area contributed by atoms with E-state index in [-0.39, 0.29) is 5.78 Å². The van der Waals surface area contributed by atoms with E-state index in [1.54, 1.807) is 24.4 Å². The number of halogens is 3. The highest BCUT2D eigenvalue weighted by molar-refractivity contribution is 9.10. The number of benzene rings is 2. The molecule has 0 aliphatic heterocycles. The van der Waals surface area contributed by atoms with Gasteiger partial charge in [-0.25, -0.2) is 0 Å². The number of aryl methyl sites for hydroxylation is 1. The van der Waals surface area contributed by atoms with E-state index in [2.05, 4.69) is 15.9 Å². The zero-order chi connectivity index (χ0) is 15.1. The fraction of sp³-hybridized carbons (Fsp3) is 0.0625. The maximum Gasteiger partial charge on any atom is 0.196 e. The molecule has 2 nitrogen and oxygen atoms in total. The number of hydrogen-bond donors (Lipinski definition) is 0. The summed E-state index contributed by atoms with van der Waals surface area (Å²) in [6.45, 7) is 0. The van der Waals surface area contributed by atoms with Gasteiger partial charge in [0.2, 0.25) is 0 Å². The lowest BCUT2D eigenvalue weighted by Gasteiger charge is -2.04. The first-order valence-corrected chi connectivity index (χ1v) is 7.77. The molecule has 0 bridgehead atoms. The molecule has 2 aromatic carbocycles. The summed E-state index contributed by atoms with van der Waals surface area (Å²) in [6, 6.07) is 10.8. The average molecular weight is 383 g/mol. The molecule has 1 aromatic heterocycles. The topological polar surface area (TPSA) is 22.0 Å². The summed E-state index contributed by atoms with van der Waals surface area (Å²) in [5.41, 5.74) is 2.01. The second-order valence-corrected chi connectivity index (χ2v) is 6.41. The summed E-state index contributed by atoms with van der Waals surface area (Å²) < 4.78 is 2.60. The Hall–Kier alpha value is -1.29. The summed E-state index contributed by atoms with van der Waals surface area (Å²) in [5, 5.41) is 1.93. The first-order chi connectivity index (χ1) is 9.99. The third kappa shape index (κ3) is 2.50. The molecule has 0 amide bonds. The number of carbonyl (C=O) groups is 1. The quantitative estimate of drug-likeness (QED) is 0.538. The van der Waals surface area contributed by atoms with Gasteiger partial charge in [0.1, 0.15) is 0 Å².